The highest BCUT2D eigenvalue weighted by atomic mass is 16.5. The summed E-state index contributed by atoms with van der Waals surface area (Å²) in [7, 11) is 0. The Morgan fingerprint density at radius 3 is 2.36 bits per heavy atom. The molecule has 1 aliphatic heterocycles. The van der Waals surface area contributed by atoms with Gasteiger partial charge in [0.2, 0.25) is 0 Å². The molecule has 1 aliphatic carbocycles. The van der Waals surface area contributed by atoms with E-state index in [0.717, 1.165) is 16.8 Å². The second-order valence-electron chi connectivity index (χ2n) is 7.97. The number of ketones is 1. The predicted molar refractivity (Wildman–Crippen MR) is 126 cm³/mol. The van der Waals surface area contributed by atoms with E-state index in [0.29, 0.717) is 33.9 Å². The van der Waals surface area contributed by atoms with Crippen LogP contribution in [0.25, 0.3) is 5.70 Å². The maximum Gasteiger partial charge on any atom is 0.336 e. The molecular weight excluding hydrogens is 414 g/mol. The highest BCUT2D eigenvalue weighted by Crippen LogP contribution is 2.47. The van der Waals surface area contributed by atoms with Crippen molar-refractivity contribution >= 4 is 17.4 Å². The molecule has 3 aromatic rings. The number of fused-ring (bicyclic) bond motifs is 2. The molecule has 0 fully saturated rings. The number of allylic oxidation sites excluding steroid dienone is 2. The van der Waals surface area contributed by atoms with Gasteiger partial charge >= 0.3 is 5.97 Å². The van der Waals surface area contributed by atoms with Crippen molar-refractivity contribution in [3.63, 3.8) is 0 Å². The zero-order valence-corrected chi connectivity index (χ0v) is 18.4. The first-order valence-corrected chi connectivity index (χ1v) is 10.9. The summed E-state index contributed by atoms with van der Waals surface area (Å²) in [5.41, 5.74) is 4.70. The van der Waals surface area contributed by atoms with Crippen molar-refractivity contribution in [3.8, 4) is 11.5 Å². The van der Waals surface area contributed by atoms with Gasteiger partial charge in [0.1, 0.15) is 11.5 Å². The van der Waals surface area contributed by atoms with Crippen LogP contribution in [0, 0.1) is 0 Å². The summed E-state index contributed by atoms with van der Waals surface area (Å²) in [6, 6.07) is 24.5. The van der Waals surface area contributed by atoms with Crippen LogP contribution in [0.3, 0.4) is 0 Å². The molecule has 5 nitrogen and oxygen atoms in total. The lowest BCUT2D eigenvalue weighted by atomic mass is 9.80. The van der Waals surface area contributed by atoms with Crippen LogP contribution in [-0.2, 0) is 9.53 Å². The summed E-state index contributed by atoms with van der Waals surface area (Å²) in [5, 5.41) is 3.31. The van der Waals surface area contributed by atoms with E-state index in [2.05, 4.69) is 5.32 Å². The summed E-state index contributed by atoms with van der Waals surface area (Å²) >= 11 is 0. The number of hydrogen-bond donors (Lipinski definition) is 1. The molecule has 0 saturated heterocycles. The largest absolute Gasteiger partial charge is 0.463 e. The van der Waals surface area contributed by atoms with Crippen molar-refractivity contribution in [2.75, 3.05) is 6.61 Å². The molecule has 1 N–H and O–H groups in total. The van der Waals surface area contributed by atoms with E-state index in [1.165, 1.54) is 0 Å². The van der Waals surface area contributed by atoms with E-state index < -0.39 is 11.9 Å². The lowest BCUT2D eigenvalue weighted by molar-refractivity contribution is -0.138. The predicted octanol–water partition coefficient (Wildman–Crippen LogP) is 5.61. The maximum atomic E-state index is 13.5. The Morgan fingerprint density at radius 1 is 0.909 bits per heavy atom. The Labute approximate surface area is 192 Å². The summed E-state index contributed by atoms with van der Waals surface area (Å²) in [4.78, 5) is 26.6. The molecule has 5 rings (SSSR count). The highest BCUT2D eigenvalue weighted by Gasteiger charge is 2.42. The minimum Gasteiger partial charge on any atom is -0.463 e. The van der Waals surface area contributed by atoms with Crippen LogP contribution in [-0.4, -0.2) is 18.4 Å². The molecule has 2 aliphatic rings. The lowest BCUT2D eigenvalue weighted by Crippen LogP contribution is -2.29. The Kier molecular flexibility index (Phi) is 5.31. The van der Waals surface area contributed by atoms with Crippen LogP contribution in [0.4, 0.5) is 0 Å². The van der Waals surface area contributed by atoms with E-state index in [-0.39, 0.29) is 12.4 Å². The first kappa shape index (κ1) is 20.8. The number of para-hydroxylation sites is 1. The first-order chi connectivity index (χ1) is 16.1. The zero-order valence-electron chi connectivity index (χ0n) is 18.4. The van der Waals surface area contributed by atoms with Crippen molar-refractivity contribution in [1.29, 1.82) is 0 Å². The zero-order chi connectivity index (χ0) is 22.9. The van der Waals surface area contributed by atoms with Gasteiger partial charge in [0.05, 0.1) is 17.9 Å². The number of carbonyl (C=O) groups excluding carboxylic acids is 2. The standard InChI is InChI=1S/C28H23NO4/c1-3-32-28(31)23-17(2)29-26-21-14-7-8-15-22(21)27(30)25(26)24(23)18-10-9-13-20(16-18)33-19-11-5-4-6-12-19/h4-16,24,29H,3H2,1-2H3/t24-/m1/s1. The second-order valence-corrected chi connectivity index (χ2v) is 7.97. The molecule has 0 bridgehead atoms. The quantitative estimate of drug-likeness (QED) is 0.526. The van der Waals surface area contributed by atoms with Gasteiger partial charge in [-0.1, -0.05) is 54.6 Å². The van der Waals surface area contributed by atoms with Crippen LogP contribution in [0.1, 0.15) is 41.3 Å². The molecule has 164 valence electrons. The van der Waals surface area contributed by atoms with Gasteiger partial charge in [-0.3, -0.25) is 4.79 Å². The van der Waals surface area contributed by atoms with E-state index >= 15 is 0 Å². The Balaban J connectivity index is 1.63. The van der Waals surface area contributed by atoms with Crippen molar-refractivity contribution < 1.29 is 19.1 Å². The van der Waals surface area contributed by atoms with Gasteiger partial charge in [0.15, 0.2) is 5.78 Å². The molecule has 0 radical (unpaired) electrons. The van der Waals surface area contributed by atoms with Gasteiger partial charge in [0, 0.05) is 28.3 Å². The van der Waals surface area contributed by atoms with E-state index in [1.807, 2.05) is 85.8 Å². The average Bonchev–Trinajstić information content (AvgIpc) is 3.11. The third-order valence-corrected chi connectivity index (χ3v) is 5.91. The second kappa shape index (κ2) is 8.43. The van der Waals surface area contributed by atoms with Gasteiger partial charge in [-0.05, 0) is 43.7 Å². The lowest BCUT2D eigenvalue weighted by Gasteiger charge is -2.29. The molecule has 0 saturated carbocycles. The molecule has 5 heteroatoms. The fraction of sp³-hybridized carbons (Fsp3) is 0.143. The third kappa shape index (κ3) is 3.61. The topological polar surface area (TPSA) is 64.6 Å². The molecule has 0 spiro atoms. The number of Topliss-reactive ketones (excluding diaryl/α,β-unsaturated/α-hetero) is 1. The van der Waals surface area contributed by atoms with Crippen molar-refractivity contribution in [3.05, 3.63) is 112 Å². The molecule has 0 unspecified atom stereocenters. The minimum absolute atomic E-state index is 0.0817. The number of carbonyl (C=O) groups is 2. The van der Waals surface area contributed by atoms with Crippen LogP contribution in [0.5, 0.6) is 11.5 Å². The van der Waals surface area contributed by atoms with Crippen LogP contribution >= 0.6 is 0 Å². The number of esters is 1. The molecular formula is C28H23NO4. The molecule has 1 heterocycles. The Morgan fingerprint density at radius 2 is 1.61 bits per heavy atom. The molecule has 3 aromatic carbocycles. The summed E-state index contributed by atoms with van der Waals surface area (Å²) in [6.07, 6.45) is 0. The van der Waals surface area contributed by atoms with Crippen LogP contribution < -0.4 is 10.1 Å². The SMILES string of the molecule is CCOC(=O)C1=C(C)NC2=C(C(=O)c3ccccc32)[C@@H]1c1cccc(Oc2ccccc2)c1. The summed E-state index contributed by atoms with van der Waals surface area (Å²) < 4.78 is 11.4. The van der Waals surface area contributed by atoms with Gasteiger partial charge in [0.25, 0.3) is 0 Å². The fourth-order valence-electron chi connectivity index (χ4n) is 4.52. The van der Waals surface area contributed by atoms with Crippen LogP contribution in [0.15, 0.2) is 95.7 Å². The number of hydrogen-bond acceptors (Lipinski definition) is 5. The van der Waals surface area contributed by atoms with Crippen LogP contribution in [0.2, 0.25) is 0 Å². The normalized spacial score (nSPS) is 16.8. The summed E-state index contributed by atoms with van der Waals surface area (Å²) in [6.45, 7) is 3.87. The van der Waals surface area contributed by atoms with E-state index in [1.54, 1.807) is 6.92 Å². The van der Waals surface area contributed by atoms with Gasteiger partial charge in [-0.15, -0.1) is 0 Å². The van der Waals surface area contributed by atoms with Gasteiger partial charge in [-0.2, -0.15) is 0 Å². The minimum atomic E-state index is -0.570. The summed E-state index contributed by atoms with van der Waals surface area (Å²) in [5.74, 6) is 0.253. The van der Waals surface area contributed by atoms with Gasteiger partial charge < -0.3 is 14.8 Å². The maximum absolute atomic E-state index is 13.5. The molecule has 33 heavy (non-hydrogen) atoms. The Hall–Kier alpha value is -4.12. The van der Waals surface area contributed by atoms with Crippen molar-refractivity contribution in [2.45, 2.75) is 19.8 Å². The van der Waals surface area contributed by atoms with E-state index in [4.69, 9.17) is 9.47 Å². The number of rotatable bonds is 5. The van der Waals surface area contributed by atoms with Crippen molar-refractivity contribution in [2.24, 2.45) is 0 Å². The number of benzene rings is 3. The molecule has 0 aromatic heterocycles. The third-order valence-electron chi connectivity index (χ3n) is 5.91. The molecule has 0 amide bonds. The van der Waals surface area contributed by atoms with E-state index in [9.17, 15) is 9.59 Å². The first-order valence-electron chi connectivity index (χ1n) is 10.9. The number of nitrogens with one attached hydrogen (secondary N) is 1. The number of dihydropyridines is 1. The molecule has 1 atom stereocenters. The highest BCUT2D eigenvalue weighted by molar-refractivity contribution is 6.23. The Bertz CT molecular complexity index is 1320. The monoisotopic (exact) mass is 437 g/mol. The number of ether oxygens (including phenoxy) is 2. The smallest absolute Gasteiger partial charge is 0.336 e. The van der Waals surface area contributed by atoms with Crippen molar-refractivity contribution in [1.82, 2.24) is 5.32 Å². The fourth-order valence-corrected chi connectivity index (χ4v) is 4.52. The van der Waals surface area contributed by atoms with Gasteiger partial charge in [-0.25, -0.2) is 4.79 Å². The average molecular weight is 437 g/mol.